The molecular formula is C25H31FN4O4. The first-order chi connectivity index (χ1) is 16.3. The zero-order valence-electron chi connectivity index (χ0n) is 20.0. The van der Waals surface area contributed by atoms with Crippen molar-refractivity contribution in [3.05, 3.63) is 65.5 Å². The molecule has 0 radical (unpaired) electrons. The molecule has 0 spiro atoms. The van der Waals surface area contributed by atoms with Crippen LogP contribution in [0.5, 0.6) is 5.75 Å². The number of ether oxygens (including phenoxy) is 2. The van der Waals surface area contributed by atoms with E-state index in [1.165, 1.54) is 23.1 Å². The van der Waals surface area contributed by atoms with Gasteiger partial charge in [-0.05, 0) is 26.0 Å². The quantitative estimate of drug-likeness (QED) is 0.607. The lowest BCUT2D eigenvalue weighted by Gasteiger charge is -2.28. The van der Waals surface area contributed by atoms with Gasteiger partial charge in [0, 0.05) is 37.2 Å². The molecule has 0 saturated carbocycles. The fourth-order valence-electron chi connectivity index (χ4n) is 3.81. The summed E-state index contributed by atoms with van der Waals surface area (Å²) in [5.74, 6) is -0.200. The Morgan fingerprint density at radius 1 is 1.18 bits per heavy atom. The van der Waals surface area contributed by atoms with Gasteiger partial charge in [-0.3, -0.25) is 4.79 Å². The first-order valence-corrected chi connectivity index (χ1v) is 11.2. The van der Waals surface area contributed by atoms with E-state index >= 15 is 0 Å². The van der Waals surface area contributed by atoms with Crippen molar-refractivity contribution in [1.82, 2.24) is 15.2 Å². The van der Waals surface area contributed by atoms with Crippen molar-refractivity contribution in [2.75, 3.05) is 33.9 Å². The molecule has 1 N–H and O–H groups in total. The van der Waals surface area contributed by atoms with Crippen molar-refractivity contribution in [3.63, 3.8) is 0 Å². The Bertz CT molecular complexity index is 1040. The number of para-hydroxylation sites is 1. The van der Waals surface area contributed by atoms with Crippen LogP contribution in [0, 0.1) is 5.82 Å². The van der Waals surface area contributed by atoms with E-state index in [-0.39, 0.29) is 31.8 Å². The summed E-state index contributed by atoms with van der Waals surface area (Å²) in [6, 6.07) is 12.7. The lowest BCUT2D eigenvalue weighted by atomic mass is 9.97. The zero-order valence-corrected chi connectivity index (χ0v) is 20.0. The fourth-order valence-corrected chi connectivity index (χ4v) is 3.81. The number of benzene rings is 2. The second kappa shape index (κ2) is 11.6. The Morgan fingerprint density at radius 3 is 2.56 bits per heavy atom. The molecule has 2 aromatic carbocycles. The number of methoxy groups -OCH3 is 2. The molecule has 1 heterocycles. The Hall–Kier alpha value is -3.46. The smallest absolute Gasteiger partial charge is 0.318 e. The van der Waals surface area contributed by atoms with Crippen molar-refractivity contribution >= 4 is 17.6 Å². The molecule has 2 aromatic rings. The number of nitrogens with zero attached hydrogens (tertiary/aromatic N) is 3. The SMILES string of the molecule is COCCN(CC(=O)N1N=C(c2ccccc2F)C[C@H]1c1ccccc1OC)C(=O)NC(C)C. The van der Waals surface area contributed by atoms with Gasteiger partial charge in [-0.15, -0.1) is 0 Å². The van der Waals surface area contributed by atoms with E-state index < -0.39 is 17.8 Å². The second-order valence-electron chi connectivity index (χ2n) is 8.25. The van der Waals surface area contributed by atoms with Crippen molar-refractivity contribution in [3.8, 4) is 5.75 Å². The Kier molecular flexibility index (Phi) is 8.59. The first kappa shape index (κ1) is 25.2. The van der Waals surface area contributed by atoms with E-state index in [4.69, 9.17) is 9.47 Å². The van der Waals surface area contributed by atoms with Gasteiger partial charge >= 0.3 is 6.03 Å². The molecule has 3 rings (SSSR count). The number of carbonyl (C=O) groups excluding carboxylic acids is 2. The van der Waals surface area contributed by atoms with Crippen molar-refractivity contribution < 1.29 is 23.5 Å². The van der Waals surface area contributed by atoms with Crippen LogP contribution in [-0.2, 0) is 9.53 Å². The van der Waals surface area contributed by atoms with Crippen LogP contribution in [0.15, 0.2) is 53.6 Å². The summed E-state index contributed by atoms with van der Waals surface area (Å²) in [4.78, 5) is 27.5. The molecule has 182 valence electrons. The standard InChI is InChI=1S/C25H31FN4O4/c1-17(2)27-25(32)29(13-14-33-3)16-24(31)30-22(19-10-6-8-12-23(19)34-4)15-21(28-30)18-9-5-7-11-20(18)26/h5-12,17,22H,13-16H2,1-4H3,(H,27,32)/t22-/m0/s1. The van der Waals surface area contributed by atoms with Crippen LogP contribution in [-0.4, -0.2) is 67.5 Å². The molecule has 3 amide bonds. The maximum atomic E-state index is 14.5. The van der Waals surface area contributed by atoms with E-state index in [0.29, 0.717) is 23.4 Å². The molecular weight excluding hydrogens is 439 g/mol. The molecule has 0 bridgehead atoms. The highest BCUT2D eigenvalue weighted by atomic mass is 19.1. The highest BCUT2D eigenvalue weighted by Gasteiger charge is 2.36. The van der Waals surface area contributed by atoms with Gasteiger partial charge < -0.3 is 19.7 Å². The average molecular weight is 471 g/mol. The lowest BCUT2D eigenvalue weighted by molar-refractivity contribution is -0.133. The third-order valence-electron chi connectivity index (χ3n) is 5.44. The molecule has 8 nitrogen and oxygen atoms in total. The van der Waals surface area contributed by atoms with Crippen LogP contribution in [0.2, 0.25) is 0 Å². The zero-order chi connectivity index (χ0) is 24.7. The Balaban J connectivity index is 1.94. The summed E-state index contributed by atoms with van der Waals surface area (Å²) in [6.45, 7) is 3.99. The van der Waals surface area contributed by atoms with Crippen LogP contribution in [0.3, 0.4) is 0 Å². The summed E-state index contributed by atoms with van der Waals surface area (Å²) in [7, 11) is 3.09. The number of amides is 3. The van der Waals surface area contributed by atoms with Gasteiger partial charge in [0.05, 0.1) is 25.5 Å². The number of rotatable bonds is 9. The van der Waals surface area contributed by atoms with E-state index in [0.717, 1.165) is 5.56 Å². The fraction of sp³-hybridized carbons (Fsp3) is 0.400. The Morgan fingerprint density at radius 2 is 1.88 bits per heavy atom. The summed E-state index contributed by atoms with van der Waals surface area (Å²) in [5.41, 5.74) is 1.55. The number of hydrogen-bond acceptors (Lipinski definition) is 5. The molecule has 34 heavy (non-hydrogen) atoms. The van der Waals surface area contributed by atoms with Gasteiger partial charge in [0.15, 0.2) is 0 Å². The molecule has 0 fully saturated rings. The topological polar surface area (TPSA) is 83.5 Å². The largest absolute Gasteiger partial charge is 0.496 e. The number of carbonyl (C=O) groups is 2. The van der Waals surface area contributed by atoms with Gasteiger partial charge in [-0.1, -0.05) is 36.4 Å². The minimum atomic E-state index is -0.504. The molecule has 0 aromatic heterocycles. The summed E-state index contributed by atoms with van der Waals surface area (Å²) < 4.78 is 25.2. The Labute approximate surface area is 199 Å². The van der Waals surface area contributed by atoms with Crippen LogP contribution in [0.25, 0.3) is 0 Å². The second-order valence-corrected chi connectivity index (χ2v) is 8.25. The molecule has 0 aliphatic carbocycles. The predicted octanol–water partition coefficient (Wildman–Crippen LogP) is 3.58. The summed E-state index contributed by atoms with van der Waals surface area (Å²) in [6.07, 6.45) is 0.309. The van der Waals surface area contributed by atoms with Gasteiger partial charge in [0.2, 0.25) is 0 Å². The van der Waals surface area contributed by atoms with Crippen molar-refractivity contribution in [1.29, 1.82) is 0 Å². The van der Waals surface area contributed by atoms with Gasteiger partial charge in [0.25, 0.3) is 5.91 Å². The monoisotopic (exact) mass is 470 g/mol. The summed E-state index contributed by atoms with van der Waals surface area (Å²) >= 11 is 0. The van der Waals surface area contributed by atoms with Crippen molar-refractivity contribution in [2.45, 2.75) is 32.4 Å². The van der Waals surface area contributed by atoms with Crippen molar-refractivity contribution in [2.24, 2.45) is 5.10 Å². The average Bonchev–Trinajstić information content (AvgIpc) is 3.26. The van der Waals surface area contributed by atoms with E-state index in [1.807, 2.05) is 32.0 Å². The lowest BCUT2D eigenvalue weighted by Crippen LogP contribution is -2.48. The molecule has 0 unspecified atom stereocenters. The van der Waals surface area contributed by atoms with E-state index in [1.54, 1.807) is 31.4 Å². The van der Waals surface area contributed by atoms with Crippen LogP contribution in [0.1, 0.15) is 37.4 Å². The minimum Gasteiger partial charge on any atom is -0.496 e. The summed E-state index contributed by atoms with van der Waals surface area (Å²) in [5, 5.41) is 8.66. The third-order valence-corrected chi connectivity index (χ3v) is 5.44. The first-order valence-electron chi connectivity index (χ1n) is 11.2. The predicted molar refractivity (Wildman–Crippen MR) is 127 cm³/mol. The minimum absolute atomic E-state index is 0.0913. The van der Waals surface area contributed by atoms with Crippen LogP contribution >= 0.6 is 0 Å². The number of nitrogens with one attached hydrogen (secondary N) is 1. The molecule has 1 aliphatic heterocycles. The van der Waals surface area contributed by atoms with Crippen LogP contribution < -0.4 is 10.1 Å². The number of urea groups is 1. The maximum Gasteiger partial charge on any atom is 0.318 e. The highest BCUT2D eigenvalue weighted by molar-refractivity contribution is 6.03. The number of halogens is 1. The van der Waals surface area contributed by atoms with Gasteiger partial charge in [0.1, 0.15) is 18.1 Å². The molecule has 9 heteroatoms. The molecule has 1 aliphatic rings. The van der Waals surface area contributed by atoms with E-state index in [2.05, 4.69) is 10.4 Å². The van der Waals surface area contributed by atoms with Gasteiger partial charge in [-0.25, -0.2) is 14.2 Å². The maximum absolute atomic E-state index is 14.5. The van der Waals surface area contributed by atoms with Crippen LogP contribution in [0.4, 0.5) is 9.18 Å². The molecule has 1 atom stereocenters. The van der Waals surface area contributed by atoms with Gasteiger partial charge in [-0.2, -0.15) is 5.10 Å². The number of hydrazone groups is 1. The normalized spacial score (nSPS) is 15.3. The third kappa shape index (κ3) is 5.91. The number of hydrogen-bond donors (Lipinski definition) is 1. The highest BCUT2D eigenvalue weighted by Crippen LogP contribution is 2.37. The van der Waals surface area contributed by atoms with E-state index in [9.17, 15) is 14.0 Å². The molecule has 0 saturated heterocycles.